The van der Waals surface area contributed by atoms with Crippen molar-refractivity contribution in [3.05, 3.63) is 0 Å². The molecule has 0 aromatic carbocycles. The Morgan fingerprint density at radius 1 is 1.27 bits per heavy atom. The number of guanidine groups is 1. The van der Waals surface area contributed by atoms with Crippen molar-refractivity contribution in [2.75, 3.05) is 39.3 Å². The SMILES string of the molecule is CCNC(=NCCCN1CCCC1=O)N1CCC2(CCC2)C1. The summed E-state index contributed by atoms with van der Waals surface area (Å²) in [6.45, 7) is 8.01. The first-order chi connectivity index (χ1) is 10.7. The zero-order valence-corrected chi connectivity index (χ0v) is 13.9. The molecule has 1 spiro atoms. The second-order valence-electron chi connectivity index (χ2n) is 7.10. The third kappa shape index (κ3) is 3.39. The molecule has 2 saturated heterocycles. The van der Waals surface area contributed by atoms with Gasteiger partial charge >= 0.3 is 0 Å². The summed E-state index contributed by atoms with van der Waals surface area (Å²) in [5.74, 6) is 1.40. The summed E-state index contributed by atoms with van der Waals surface area (Å²) < 4.78 is 0. The summed E-state index contributed by atoms with van der Waals surface area (Å²) >= 11 is 0. The number of hydrogen-bond donors (Lipinski definition) is 1. The van der Waals surface area contributed by atoms with E-state index < -0.39 is 0 Å². The van der Waals surface area contributed by atoms with Crippen LogP contribution in [0.15, 0.2) is 4.99 Å². The van der Waals surface area contributed by atoms with E-state index in [1.54, 1.807) is 0 Å². The monoisotopic (exact) mass is 306 g/mol. The van der Waals surface area contributed by atoms with E-state index in [0.717, 1.165) is 57.9 Å². The Balaban J connectivity index is 1.46. The van der Waals surface area contributed by atoms with Gasteiger partial charge < -0.3 is 15.1 Å². The zero-order valence-electron chi connectivity index (χ0n) is 13.9. The molecule has 0 unspecified atom stereocenters. The van der Waals surface area contributed by atoms with Crippen LogP contribution in [0.5, 0.6) is 0 Å². The van der Waals surface area contributed by atoms with Gasteiger partial charge in [0.2, 0.25) is 5.91 Å². The molecule has 124 valence electrons. The van der Waals surface area contributed by atoms with Crippen LogP contribution in [0.2, 0.25) is 0 Å². The van der Waals surface area contributed by atoms with Crippen LogP contribution in [0.1, 0.15) is 51.9 Å². The largest absolute Gasteiger partial charge is 0.357 e. The van der Waals surface area contributed by atoms with Gasteiger partial charge in [-0.3, -0.25) is 9.79 Å². The topological polar surface area (TPSA) is 47.9 Å². The van der Waals surface area contributed by atoms with Crippen molar-refractivity contribution in [1.29, 1.82) is 0 Å². The molecule has 0 radical (unpaired) electrons. The number of aliphatic imine (C=N–C) groups is 1. The lowest BCUT2D eigenvalue weighted by Gasteiger charge is -2.38. The molecule has 1 saturated carbocycles. The Morgan fingerprint density at radius 3 is 2.73 bits per heavy atom. The van der Waals surface area contributed by atoms with Crippen LogP contribution in [-0.4, -0.2) is 60.9 Å². The highest BCUT2D eigenvalue weighted by Gasteiger charge is 2.43. The Hall–Kier alpha value is -1.26. The van der Waals surface area contributed by atoms with Crippen molar-refractivity contribution in [3.8, 4) is 0 Å². The van der Waals surface area contributed by atoms with Crippen LogP contribution in [0, 0.1) is 5.41 Å². The Labute approximate surface area is 134 Å². The van der Waals surface area contributed by atoms with Crippen molar-refractivity contribution in [3.63, 3.8) is 0 Å². The maximum absolute atomic E-state index is 11.6. The molecule has 0 atom stereocenters. The predicted octanol–water partition coefficient (Wildman–Crippen LogP) is 1.84. The lowest BCUT2D eigenvalue weighted by atomic mass is 9.68. The van der Waals surface area contributed by atoms with Crippen LogP contribution in [0.25, 0.3) is 0 Å². The highest BCUT2D eigenvalue weighted by molar-refractivity contribution is 5.80. The fourth-order valence-corrected chi connectivity index (χ4v) is 4.01. The normalized spacial score (nSPS) is 24.2. The molecule has 0 bridgehead atoms. The van der Waals surface area contributed by atoms with Crippen molar-refractivity contribution in [2.45, 2.75) is 51.9 Å². The van der Waals surface area contributed by atoms with E-state index in [9.17, 15) is 4.79 Å². The summed E-state index contributed by atoms with van der Waals surface area (Å²) in [5.41, 5.74) is 0.609. The number of nitrogens with zero attached hydrogens (tertiary/aromatic N) is 3. The maximum atomic E-state index is 11.6. The average Bonchev–Trinajstić information content (AvgIpc) is 3.09. The third-order valence-electron chi connectivity index (χ3n) is 5.51. The number of nitrogens with one attached hydrogen (secondary N) is 1. The molecule has 3 aliphatic rings. The summed E-state index contributed by atoms with van der Waals surface area (Å²) in [7, 11) is 0. The van der Waals surface area contributed by atoms with E-state index >= 15 is 0 Å². The second-order valence-corrected chi connectivity index (χ2v) is 7.10. The molecule has 0 aromatic heterocycles. The Bertz CT molecular complexity index is 430. The van der Waals surface area contributed by atoms with Gasteiger partial charge in [0.1, 0.15) is 0 Å². The maximum Gasteiger partial charge on any atom is 0.222 e. The average molecular weight is 306 g/mol. The molecular formula is C17H30N4O. The van der Waals surface area contributed by atoms with E-state index in [4.69, 9.17) is 4.99 Å². The molecule has 3 rings (SSSR count). The van der Waals surface area contributed by atoms with E-state index in [1.807, 2.05) is 4.90 Å². The first-order valence-electron chi connectivity index (χ1n) is 9.03. The lowest BCUT2D eigenvalue weighted by Crippen LogP contribution is -2.42. The molecule has 2 heterocycles. The summed E-state index contributed by atoms with van der Waals surface area (Å²) in [6.07, 6.45) is 8.28. The molecule has 5 heteroatoms. The van der Waals surface area contributed by atoms with Gasteiger partial charge in [-0.15, -0.1) is 0 Å². The van der Waals surface area contributed by atoms with Crippen molar-refractivity contribution < 1.29 is 4.79 Å². The quantitative estimate of drug-likeness (QED) is 0.479. The van der Waals surface area contributed by atoms with E-state index in [1.165, 1.54) is 32.2 Å². The fourth-order valence-electron chi connectivity index (χ4n) is 4.01. The molecule has 2 aliphatic heterocycles. The number of carbonyl (C=O) groups excluding carboxylic acids is 1. The first-order valence-corrected chi connectivity index (χ1v) is 9.03. The van der Waals surface area contributed by atoms with Gasteiger partial charge in [-0.1, -0.05) is 6.42 Å². The van der Waals surface area contributed by atoms with Gasteiger partial charge in [-0.2, -0.15) is 0 Å². The number of rotatable bonds is 5. The zero-order chi connectivity index (χ0) is 15.4. The van der Waals surface area contributed by atoms with Gasteiger partial charge in [0.15, 0.2) is 5.96 Å². The van der Waals surface area contributed by atoms with E-state index in [-0.39, 0.29) is 0 Å². The molecule has 3 fully saturated rings. The highest BCUT2D eigenvalue weighted by atomic mass is 16.2. The molecule has 1 amide bonds. The van der Waals surface area contributed by atoms with Gasteiger partial charge in [0.25, 0.3) is 0 Å². The predicted molar refractivity (Wildman–Crippen MR) is 88.9 cm³/mol. The third-order valence-corrected chi connectivity index (χ3v) is 5.51. The molecule has 1 N–H and O–H groups in total. The number of likely N-dealkylation sites (tertiary alicyclic amines) is 2. The number of carbonyl (C=O) groups is 1. The van der Waals surface area contributed by atoms with Crippen LogP contribution < -0.4 is 5.32 Å². The fraction of sp³-hybridized carbons (Fsp3) is 0.882. The van der Waals surface area contributed by atoms with Crippen molar-refractivity contribution >= 4 is 11.9 Å². The lowest BCUT2D eigenvalue weighted by molar-refractivity contribution is -0.127. The second kappa shape index (κ2) is 6.88. The van der Waals surface area contributed by atoms with Gasteiger partial charge in [0.05, 0.1) is 0 Å². The Morgan fingerprint density at radius 2 is 2.14 bits per heavy atom. The highest BCUT2D eigenvalue weighted by Crippen LogP contribution is 2.47. The molecular weight excluding hydrogens is 276 g/mol. The van der Waals surface area contributed by atoms with E-state index in [0.29, 0.717) is 11.3 Å². The minimum absolute atomic E-state index is 0.322. The molecule has 5 nitrogen and oxygen atoms in total. The summed E-state index contributed by atoms with van der Waals surface area (Å²) in [6, 6.07) is 0. The molecule has 1 aliphatic carbocycles. The smallest absolute Gasteiger partial charge is 0.222 e. The van der Waals surface area contributed by atoms with Gasteiger partial charge in [-0.25, -0.2) is 0 Å². The molecule has 22 heavy (non-hydrogen) atoms. The summed E-state index contributed by atoms with van der Waals surface area (Å²) in [5, 5.41) is 3.44. The van der Waals surface area contributed by atoms with Crippen LogP contribution in [-0.2, 0) is 4.79 Å². The van der Waals surface area contributed by atoms with Crippen LogP contribution in [0.3, 0.4) is 0 Å². The van der Waals surface area contributed by atoms with E-state index in [2.05, 4.69) is 17.1 Å². The minimum atomic E-state index is 0.322. The van der Waals surface area contributed by atoms with Crippen LogP contribution in [0.4, 0.5) is 0 Å². The minimum Gasteiger partial charge on any atom is -0.357 e. The first kappa shape index (κ1) is 15.6. The Kier molecular flexibility index (Phi) is 4.89. The number of hydrogen-bond acceptors (Lipinski definition) is 2. The van der Waals surface area contributed by atoms with Crippen molar-refractivity contribution in [2.24, 2.45) is 10.4 Å². The molecule has 0 aromatic rings. The number of amides is 1. The van der Waals surface area contributed by atoms with Crippen LogP contribution >= 0.6 is 0 Å². The van der Waals surface area contributed by atoms with Gasteiger partial charge in [-0.05, 0) is 44.4 Å². The summed E-state index contributed by atoms with van der Waals surface area (Å²) in [4.78, 5) is 20.8. The standard InChI is InChI=1S/C17H30N4O/c1-2-18-16(21-13-9-17(14-21)7-4-8-17)19-10-5-12-20-11-3-6-15(20)22/h2-14H2,1H3,(H,18,19). The van der Waals surface area contributed by atoms with Gasteiger partial charge in [0, 0.05) is 45.7 Å². The van der Waals surface area contributed by atoms with Crippen molar-refractivity contribution in [1.82, 2.24) is 15.1 Å².